The summed E-state index contributed by atoms with van der Waals surface area (Å²) < 4.78 is 47.6. The zero-order valence-corrected chi connectivity index (χ0v) is 28.8. The van der Waals surface area contributed by atoms with Gasteiger partial charge in [-0.1, -0.05) is 12.1 Å². The van der Waals surface area contributed by atoms with Crippen molar-refractivity contribution in [3.05, 3.63) is 77.5 Å². The first-order chi connectivity index (χ1) is 23.6. The smallest absolute Gasteiger partial charge is 0.411 e. The molecule has 1 atom stereocenters. The van der Waals surface area contributed by atoms with Gasteiger partial charge in [0.25, 0.3) is 21.5 Å². The molecule has 1 aromatic heterocycles. The van der Waals surface area contributed by atoms with Gasteiger partial charge in [-0.3, -0.25) is 4.79 Å². The molecule has 2 amide bonds. The first-order valence-electron chi connectivity index (χ1n) is 16.8. The predicted octanol–water partition coefficient (Wildman–Crippen LogP) is 4.92. The minimum Gasteiger partial charge on any atom is -0.492 e. The molecule has 3 aliphatic rings. The standard InChI is InChI=1S/C36H41N5O7S/c1-4-46-31-10-6-7-11-32(31)49(44,45)41-30-13-12-25(24-37)23-29(30)36(34(41)42,28-9-8-18-38-33(28)47-5-2)48-35(43)40-21-16-27(17-22-40)26-14-19-39(3)20-15-26/h6-13,18,23,26-27H,4-5,14-17,19-22H2,1-3H3. The van der Waals surface area contributed by atoms with Gasteiger partial charge in [0.05, 0.1) is 36.1 Å². The van der Waals surface area contributed by atoms with Crippen LogP contribution in [-0.2, 0) is 25.2 Å². The topological polar surface area (TPSA) is 142 Å². The minimum absolute atomic E-state index is 0.00519. The van der Waals surface area contributed by atoms with Crippen LogP contribution in [-0.4, -0.2) is 81.6 Å². The summed E-state index contributed by atoms with van der Waals surface area (Å²) in [4.78, 5) is 37.3. The Morgan fingerprint density at radius 3 is 2.29 bits per heavy atom. The van der Waals surface area contributed by atoms with Gasteiger partial charge < -0.3 is 24.0 Å². The van der Waals surface area contributed by atoms with Gasteiger partial charge in [0.15, 0.2) is 0 Å². The third-order valence-corrected chi connectivity index (χ3v) is 11.5. The normalized spacial score (nSPS) is 20.5. The number of carbonyl (C=O) groups is 2. The average Bonchev–Trinajstić information content (AvgIpc) is 3.36. The van der Waals surface area contributed by atoms with Crippen LogP contribution in [0.1, 0.15) is 56.2 Å². The summed E-state index contributed by atoms with van der Waals surface area (Å²) in [5.74, 6) is 0.0664. The Morgan fingerprint density at radius 2 is 1.61 bits per heavy atom. The van der Waals surface area contributed by atoms with E-state index in [0.29, 0.717) is 29.2 Å². The molecule has 0 aliphatic carbocycles. The average molecular weight is 688 g/mol. The minimum atomic E-state index is -4.66. The molecule has 2 saturated heterocycles. The van der Waals surface area contributed by atoms with E-state index in [0.717, 1.165) is 38.8 Å². The molecule has 49 heavy (non-hydrogen) atoms. The van der Waals surface area contributed by atoms with Gasteiger partial charge in [0.2, 0.25) is 5.88 Å². The maximum absolute atomic E-state index is 15.1. The van der Waals surface area contributed by atoms with Crippen LogP contribution in [0, 0.1) is 23.2 Å². The van der Waals surface area contributed by atoms with E-state index in [2.05, 4.69) is 23.0 Å². The molecular weight excluding hydrogens is 646 g/mol. The van der Waals surface area contributed by atoms with Crippen molar-refractivity contribution in [2.75, 3.05) is 50.7 Å². The summed E-state index contributed by atoms with van der Waals surface area (Å²) in [5.41, 5.74) is -2.21. The third kappa shape index (κ3) is 6.19. The number of amides is 2. The fourth-order valence-electron chi connectivity index (χ4n) is 7.28. The highest BCUT2D eigenvalue weighted by Crippen LogP contribution is 2.52. The summed E-state index contributed by atoms with van der Waals surface area (Å²) in [6.07, 6.45) is 4.54. The first kappa shape index (κ1) is 34.2. The summed E-state index contributed by atoms with van der Waals surface area (Å²) in [5, 5.41) is 9.91. The van der Waals surface area contributed by atoms with E-state index in [1.54, 1.807) is 30.9 Å². The SMILES string of the molecule is CCOc1ccccc1S(=O)(=O)N1C(=O)C(OC(=O)N2CCC(C3CCN(C)CC3)CC2)(c2cccnc2OCC)c2cc(C#N)ccc21. The molecule has 12 nitrogen and oxygen atoms in total. The lowest BCUT2D eigenvalue weighted by Crippen LogP contribution is -2.50. The Hall–Kier alpha value is -4.67. The number of ether oxygens (including phenoxy) is 3. The maximum atomic E-state index is 15.1. The number of hydrogen-bond acceptors (Lipinski definition) is 10. The fourth-order valence-corrected chi connectivity index (χ4v) is 8.87. The second-order valence-corrected chi connectivity index (χ2v) is 14.4. The number of nitrogens with zero attached hydrogens (tertiary/aromatic N) is 5. The van der Waals surface area contributed by atoms with E-state index in [9.17, 15) is 18.5 Å². The molecular formula is C36H41N5O7S. The quantitative estimate of drug-likeness (QED) is 0.304. The highest BCUT2D eigenvalue weighted by atomic mass is 32.2. The van der Waals surface area contributed by atoms with Gasteiger partial charge in [-0.05, 0) is 114 Å². The number of benzene rings is 2. The number of carbonyl (C=O) groups excluding carboxylic acids is 2. The Bertz CT molecular complexity index is 1860. The molecule has 2 aromatic carbocycles. The molecule has 13 heteroatoms. The van der Waals surface area contributed by atoms with E-state index in [1.807, 2.05) is 0 Å². The van der Waals surface area contributed by atoms with Crippen LogP contribution in [0.25, 0.3) is 0 Å². The summed E-state index contributed by atoms with van der Waals surface area (Å²) in [7, 11) is -2.52. The van der Waals surface area contributed by atoms with E-state index in [1.165, 1.54) is 48.7 Å². The lowest BCUT2D eigenvalue weighted by molar-refractivity contribution is -0.132. The van der Waals surface area contributed by atoms with E-state index < -0.39 is 27.6 Å². The Kier molecular flexibility index (Phi) is 9.81. The molecule has 3 aromatic rings. The fraction of sp³-hybridized carbons (Fsp3) is 0.444. The van der Waals surface area contributed by atoms with Crippen molar-refractivity contribution in [1.29, 1.82) is 5.26 Å². The van der Waals surface area contributed by atoms with Crippen molar-refractivity contribution in [2.45, 2.75) is 50.0 Å². The monoisotopic (exact) mass is 687 g/mol. The molecule has 6 rings (SSSR count). The maximum Gasteiger partial charge on any atom is 0.411 e. The molecule has 0 N–H and O–H groups in total. The zero-order chi connectivity index (χ0) is 34.8. The highest BCUT2D eigenvalue weighted by molar-refractivity contribution is 7.93. The van der Waals surface area contributed by atoms with E-state index in [4.69, 9.17) is 14.2 Å². The van der Waals surface area contributed by atoms with E-state index >= 15 is 4.79 Å². The van der Waals surface area contributed by atoms with Crippen molar-refractivity contribution in [3.8, 4) is 17.7 Å². The van der Waals surface area contributed by atoms with Gasteiger partial charge in [0.1, 0.15) is 10.6 Å². The highest BCUT2D eigenvalue weighted by Gasteiger charge is 2.61. The molecule has 0 spiro atoms. The first-order valence-corrected chi connectivity index (χ1v) is 18.2. The molecule has 4 heterocycles. The van der Waals surface area contributed by atoms with Crippen LogP contribution in [0.3, 0.4) is 0 Å². The van der Waals surface area contributed by atoms with Crippen LogP contribution in [0.15, 0.2) is 65.7 Å². The number of likely N-dealkylation sites (tertiary alicyclic amines) is 2. The third-order valence-electron chi connectivity index (χ3n) is 9.78. The number of sulfonamides is 1. The van der Waals surface area contributed by atoms with Crippen molar-refractivity contribution in [2.24, 2.45) is 11.8 Å². The van der Waals surface area contributed by atoms with Crippen LogP contribution >= 0.6 is 0 Å². The number of nitriles is 1. The van der Waals surface area contributed by atoms with Gasteiger partial charge in [0, 0.05) is 24.8 Å². The van der Waals surface area contributed by atoms with E-state index in [-0.39, 0.29) is 52.1 Å². The Balaban J connectivity index is 1.45. The van der Waals surface area contributed by atoms with Crippen LogP contribution in [0.5, 0.6) is 11.6 Å². The van der Waals surface area contributed by atoms with Crippen molar-refractivity contribution < 1.29 is 32.2 Å². The Labute approximate surface area is 287 Å². The number of hydrogen-bond donors (Lipinski definition) is 0. The predicted molar refractivity (Wildman–Crippen MR) is 181 cm³/mol. The molecule has 1 unspecified atom stereocenters. The second kappa shape index (κ2) is 14.1. The number of pyridine rings is 1. The molecule has 2 fully saturated rings. The number of fused-ring (bicyclic) bond motifs is 1. The number of rotatable bonds is 9. The van der Waals surface area contributed by atoms with Crippen LogP contribution < -0.4 is 13.8 Å². The molecule has 258 valence electrons. The molecule has 0 saturated carbocycles. The lowest BCUT2D eigenvalue weighted by atomic mass is 9.79. The van der Waals surface area contributed by atoms with Crippen molar-refractivity contribution >= 4 is 27.7 Å². The van der Waals surface area contributed by atoms with Crippen LogP contribution in [0.4, 0.5) is 10.5 Å². The molecule has 3 aliphatic heterocycles. The summed E-state index contributed by atoms with van der Waals surface area (Å²) in [6.45, 7) is 6.80. The van der Waals surface area contributed by atoms with Crippen LogP contribution in [0.2, 0.25) is 0 Å². The lowest BCUT2D eigenvalue weighted by Gasteiger charge is -2.40. The van der Waals surface area contributed by atoms with Gasteiger partial charge in [-0.25, -0.2) is 18.2 Å². The van der Waals surface area contributed by atoms with Gasteiger partial charge >= 0.3 is 6.09 Å². The zero-order valence-electron chi connectivity index (χ0n) is 28.0. The number of anilines is 1. The second-order valence-electron chi connectivity index (χ2n) is 12.6. The Morgan fingerprint density at radius 1 is 0.939 bits per heavy atom. The molecule has 0 radical (unpaired) electrons. The number of aromatic nitrogens is 1. The van der Waals surface area contributed by atoms with Crippen molar-refractivity contribution in [1.82, 2.24) is 14.8 Å². The van der Waals surface area contributed by atoms with Gasteiger partial charge in [-0.15, -0.1) is 0 Å². The largest absolute Gasteiger partial charge is 0.492 e. The number of piperidine rings is 2. The summed E-state index contributed by atoms with van der Waals surface area (Å²) in [6, 6.07) is 15.4. The summed E-state index contributed by atoms with van der Waals surface area (Å²) >= 11 is 0. The van der Waals surface area contributed by atoms with Crippen molar-refractivity contribution in [3.63, 3.8) is 0 Å². The van der Waals surface area contributed by atoms with Gasteiger partial charge in [-0.2, -0.15) is 9.57 Å². The molecule has 0 bridgehead atoms. The number of para-hydroxylation sites is 1.